The van der Waals surface area contributed by atoms with Crippen molar-refractivity contribution < 1.29 is 18.0 Å². The van der Waals surface area contributed by atoms with Crippen LogP contribution in [0.1, 0.15) is 35.3 Å². The summed E-state index contributed by atoms with van der Waals surface area (Å²) in [6.07, 6.45) is -0.0719. The quantitative estimate of drug-likeness (QED) is 0.867. The van der Waals surface area contributed by atoms with E-state index >= 15 is 0 Å². The molecule has 0 aliphatic carbocycles. The second kappa shape index (κ2) is 7.09. The molecule has 136 valence electrons. The molecule has 2 aromatic rings. The lowest BCUT2D eigenvalue weighted by Gasteiger charge is -2.18. The van der Waals surface area contributed by atoms with Crippen LogP contribution >= 0.6 is 11.6 Å². The summed E-state index contributed by atoms with van der Waals surface area (Å²) in [6.45, 7) is 1.83. The number of nitrogens with one attached hydrogen (secondary N) is 1. The number of halogens is 1. The van der Waals surface area contributed by atoms with Crippen molar-refractivity contribution in [1.82, 2.24) is 5.32 Å². The molecule has 1 heterocycles. The Morgan fingerprint density at radius 1 is 1.19 bits per heavy atom. The van der Waals surface area contributed by atoms with Crippen molar-refractivity contribution in [3.05, 3.63) is 64.7 Å². The third-order valence-electron chi connectivity index (χ3n) is 4.15. The van der Waals surface area contributed by atoms with Crippen LogP contribution in [0.15, 0.2) is 48.5 Å². The number of carbonyl (C=O) groups excluding carboxylic acids is 2. The van der Waals surface area contributed by atoms with Gasteiger partial charge in [0.2, 0.25) is 15.9 Å². The van der Waals surface area contributed by atoms with Gasteiger partial charge < -0.3 is 5.32 Å². The number of amides is 2. The summed E-state index contributed by atoms with van der Waals surface area (Å²) >= 11 is 6.12. The normalized spacial score (nSPS) is 17.2. The molecule has 1 fully saturated rings. The van der Waals surface area contributed by atoms with Crippen LogP contribution in [0.2, 0.25) is 5.02 Å². The third kappa shape index (κ3) is 3.59. The maximum absolute atomic E-state index is 12.6. The van der Waals surface area contributed by atoms with E-state index in [-0.39, 0.29) is 34.5 Å². The number of carbonyl (C=O) groups is 2. The van der Waals surface area contributed by atoms with Crippen LogP contribution in [0.5, 0.6) is 0 Å². The van der Waals surface area contributed by atoms with Crippen molar-refractivity contribution in [3.8, 4) is 0 Å². The van der Waals surface area contributed by atoms with Gasteiger partial charge in [0.25, 0.3) is 5.91 Å². The van der Waals surface area contributed by atoms with Crippen molar-refractivity contribution in [1.29, 1.82) is 0 Å². The summed E-state index contributed by atoms with van der Waals surface area (Å²) < 4.78 is 24.9. The van der Waals surface area contributed by atoms with Crippen molar-refractivity contribution >= 4 is 39.1 Å². The Kier molecular flexibility index (Phi) is 5.02. The number of rotatable bonds is 4. The van der Waals surface area contributed by atoms with Crippen molar-refractivity contribution in [2.24, 2.45) is 0 Å². The molecule has 0 spiro atoms. The average molecular weight is 393 g/mol. The first-order valence-corrected chi connectivity index (χ1v) is 9.99. The minimum Gasteiger partial charge on any atom is -0.345 e. The minimum atomic E-state index is -3.70. The molecule has 0 aromatic heterocycles. The number of hydrogen-bond donors (Lipinski definition) is 1. The van der Waals surface area contributed by atoms with Gasteiger partial charge >= 0.3 is 0 Å². The first kappa shape index (κ1) is 18.4. The summed E-state index contributed by atoms with van der Waals surface area (Å²) in [5.41, 5.74) is 1.15. The molecule has 8 heteroatoms. The van der Waals surface area contributed by atoms with Crippen LogP contribution in [0.3, 0.4) is 0 Å². The van der Waals surface area contributed by atoms with Crippen molar-refractivity contribution in [2.45, 2.75) is 19.4 Å². The van der Waals surface area contributed by atoms with Crippen LogP contribution in [-0.2, 0) is 14.8 Å². The Morgan fingerprint density at radius 3 is 2.50 bits per heavy atom. The monoisotopic (exact) mass is 392 g/mol. The zero-order chi connectivity index (χ0) is 18.9. The highest BCUT2D eigenvalue weighted by atomic mass is 35.5. The average Bonchev–Trinajstić information content (AvgIpc) is 2.89. The van der Waals surface area contributed by atoms with Gasteiger partial charge in [-0.15, -0.1) is 0 Å². The molecule has 1 atom stereocenters. The SMILES string of the molecule is CC(NC(=O)c1cc(N2C(=O)CCS2(=O)=O)ccc1Cl)c1ccccc1. The molecular formula is C18H17ClN2O4S. The van der Waals surface area contributed by atoms with Gasteiger partial charge in [-0.2, -0.15) is 0 Å². The molecule has 1 aliphatic heterocycles. The molecule has 0 radical (unpaired) electrons. The number of nitrogens with zero attached hydrogens (tertiary/aromatic N) is 1. The predicted octanol–water partition coefficient (Wildman–Crippen LogP) is 2.90. The fraction of sp³-hybridized carbons (Fsp3) is 0.222. The molecule has 2 aromatic carbocycles. The molecule has 1 aliphatic rings. The standard InChI is InChI=1S/C18H17ClN2O4S/c1-12(13-5-3-2-4-6-13)20-18(23)15-11-14(7-8-16(15)19)21-17(22)9-10-26(21,24)25/h2-8,11-12H,9-10H2,1H3,(H,20,23). The zero-order valence-corrected chi connectivity index (χ0v) is 15.5. The Hall–Kier alpha value is -2.38. The van der Waals surface area contributed by atoms with Crippen LogP contribution in [0, 0.1) is 0 Å². The summed E-state index contributed by atoms with van der Waals surface area (Å²) in [5.74, 6) is -1.20. The number of benzene rings is 2. The van der Waals surface area contributed by atoms with Gasteiger partial charge in [0.05, 0.1) is 28.1 Å². The third-order valence-corrected chi connectivity index (χ3v) is 6.18. The second-order valence-electron chi connectivity index (χ2n) is 5.99. The Balaban J connectivity index is 1.88. The van der Waals surface area contributed by atoms with Gasteiger partial charge in [0.1, 0.15) is 0 Å². The highest BCUT2D eigenvalue weighted by molar-refractivity contribution is 7.94. The molecule has 3 rings (SSSR count). The van der Waals surface area contributed by atoms with E-state index in [0.717, 1.165) is 9.87 Å². The van der Waals surface area contributed by atoms with Gasteiger partial charge in [-0.25, -0.2) is 12.7 Å². The molecular weight excluding hydrogens is 376 g/mol. The van der Waals surface area contributed by atoms with Gasteiger partial charge in [-0.05, 0) is 30.7 Å². The lowest BCUT2D eigenvalue weighted by molar-refractivity contribution is -0.116. The topological polar surface area (TPSA) is 83.6 Å². The Bertz CT molecular complexity index is 960. The van der Waals surface area contributed by atoms with Gasteiger partial charge in [0, 0.05) is 6.42 Å². The fourth-order valence-electron chi connectivity index (χ4n) is 2.78. The predicted molar refractivity (Wildman–Crippen MR) is 99.7 cm³/mol. The highest BCUT2D eigenvalue weighted by Gasteiger charge is 2.36. The molecule has 1 unspecified atom stereocenters. The van der Waals surface area contributed by atoms with Crippen LogP contribution in [0.25, 0.3) is 0 Å². The summed E-state index contributed by atoms with van der Waals surface area (Å²) in [7, 11) is -3.70. The Labute approximate surface area is 156 Å². The van der Waals surface area contributed by atoms with Crippen LogP contribution in [-0.4, -0.2) is 26.0 Å². The lowest BCUT2D eigenvalue weighted by atomic mass is 10.1. The van der Waals surface area contributed by atoms with E-state index in [0.29, 0.717) is 0 Å². The molecule has 1 N–H and O–H groups in total. The minimum absolute atomic E-state index is 0.0719. The molecule has 0 bridgehead atoms. The molecule has 26 heavy (non-hydrogen) atoms. The summed E-state index contributed by atoms with van der Waals surface area (Å²) in [6, 6.07) is 13.3. The maximum Gasteiger partial charge on any atom is 0.253 e. The number of hydrogen-bond acceptors (Lipinski definition) is 4. The van der Waals surface area contributed by atoms with Gasteiger partial charge in [-0.3, -0.25) is 9.59 Å². The van der Waals surface area contributed by atoms with Crippen LogP contribution in [0.4, 0.5) is 5.69 Å². The van der Waals surface area contributed by atoms with Crippen molar-refractivity contribution in [3.63, 3.8) is 0 Å². The van der Waals surface area contributed by atoms with E-state index in [4.69, 9.17) is 11.6 Å². The maximum atomic E-state index is 12.6. The van der Waals surface area contributed by atoms with E-state index in [1.807, 2.05) is 37.3 Å². The Morgan fingerprint density at radius 2 is 1.88 bits per heavy atom. The number of sulfonamides is 1. The first-order chi connectivity index (χ1) is 12.3. The lowest BCUT2D eigenvalue weighted by Crippen LogP contribution is -2.30. The van der Waals surface area contributed by atoms with E-state index in [9.17, 15) is 18.0 Å². The first-order valence-electron chi connectivity index (χ1n) is 8.01. The van der Waals surface area contributed by atoms with Crippen LogP contribution < -0.4 is 9.62 Å². The number of anilines is 1. The molecule has 6 nitrogen and oxygen atoms in total. The van der Waals surface area contributed by atoms with E-state index in [2.05, 4.69) is 5.32 Å². The fourth-order valence-corrected chi connectivity index (χ4v) is 4.44. The second-order valence-corrected chi connectivity index (χ2v) is 8.34. The van der Waals surface area contributed by atoms with Gasteiger partial charge in [-0.1, -0.05) is 41.9 Å². The molecule has 1 saturated heterocycles. The molecule has 0 saturated carbocycles. The summed E-state index contributed by atoms with van der Waals surface area (Å²) in [5, 5.41) is 3.00. The highest BCUT2D eigenvalue weighted by Crippen LogP contribution is 2.29. The van der Waals surface area contributed by atoms with E-state index in [1.54, 1.807) is 0 Å². The summed E-state index contributed by atoms with van der Waals surface area (Å²) in [4.78, 5) is 24.5. The smallest absolute Gasteiger partial charge is 0.253 e. The van der Waals surface area contributed by atoms with E-state index in [1.165, 1.54) is 18.2 Å². The van der Waals surface area contributed by atoms with E-state index < -0.39 is 21.8 Å². The zero-order valence-electron chi connectivity index (χ0n) is 14.0. The molecule has 2 amide bonds. The largest absolute Gasteiger partial charge is 0.345 e. The van der Waals surface area contributed by atoms with Crippen molar-refractivity contribution in [2.75, 3.05) is 10.1 Å². The van der Waals surface area contributed by atoms with Gasteiger partial charge in [0.15, 0.2) is 0 Å².